The Balaban J connectivity index is 0.000000384. The molecule has 0 aliphatic carbocycles. The van der Waals surface area contributed by atoms with Crippen molar-refractivity contribution in [1.82, 2.24) is 92.5 Å². The van der Waals surface area contributed by atoms with Crippen LogP contribution in [0.2, 0.25) is 0 Å². The number of carbonyl (C=O) groups excluding carboxylic acids is 7. The highest BCUT2D eigenvalue weighted by Crippen LogP contribution is 2.26. The van der Waals surface area contributed by atoms with E-state index in [-0.39, 0.29) is 62.1 Å². The molecule has 0 aromatic rings. The molecule has 10 heterocycles. The highest BCUT2D eigenvalue weighted by atomic mass is 32.2. The minimum atomic E-state index is -2.99. The first kappa shape index (κ1) is 120. The first-order valence-electron chi connectivity index (χ1n) is 50.6. The third-order valence-electron chi connectivity index (χ3n) is 27.2. The van der Waals surface area contributed by atoms with E-state index in [2.05, 4.69) is 246 Å². The molecule has 0 spiro atoms. The van der Waals surface area contributed by atoms with Crippen molar-refractivity contribution < 1.29 is 46.7 Å². The molecule has 0 unspecified atom stereocenters. The molecule has 0 aromatic carbocycles. The van der Waals surface area contributed by atoms with Gasteiger partial charge in [0.1, 0.15) is 0 Å². The molecule has 10 aliphatic heterocycles. The summed E-state index contributed by atoms with van der Waals surface area (Å²) in [6.45, 7) is 99.9. The summed E-state index contributed by atoms with van der Waals surface area (Å²) >= 11 is 0. The Morgan fingerprint density at radius 2 is 0.592 bits per heavy atom. The number of rotatable bonds is 15. The van der Waals surface area contributed by atoms with Gasteiger partial charge in [-0.1, -0.05) is 41.0 Å². The number of piperidine rings is 1. The van der Waals surface area contributed by atoms with E-state index in [1.807, 2.05) is 64.3 Å². The lowest BCUT2D eigenvalue weighted by atomic mass is 9.95. The Labute approximate surface area is 796 Å². The molecule has 0 saturated carbocycles. The lowest BCUT2D eigenvalue weighted by molar-refractivity contribution is -0.139. The summed E-state index contributed by atoms with van der Waals surface area (Å²) in [4.78, 5) is 124. The molecule has 10 fully saturated rings. The standard InChI is InChI=1S/C15H29N3O.C14H27N3O2.C14H29N3O.C13H26N2O.2C12H24N2O.C11H22N2O.C9H20N2O2S/c1-15(2,3)18-11-9-17(10-12-18)14(19)13-5-7-16(4)8-6-13;1-14(2,3)17-6-4-16(5-7-17)13(18)12-15-8-10-19-11-9-15;1-14(2,3)17-11-9-16(10-12-17)13(18)7-6-8-15(4)5;1-5-6-7-12(16)14-8-10-15(11-9-14)13(2,3)4;1-10(2)11(15)13-6-8-14(9-7-13)12(3,4)5;1-5-6-11(15)13-7-9-14(10-8-13)12(2,3)4;1-5-10(14)12-6-8-13(9-7-12)11(2,3)4;1-9(2,3)10-5-7-11(8-6-10)14(4,12)13/h13H,5-12H2,1-4H3;4-12H2,1-3H3;6-12H2,1-5H3;5-11H2,1-4H3;10H,6-9H2,1-5H3;5-10H2,1-4H3;5-9H2,1-4H3;5-8H2,1-4H3. The first-order valence-corrected chi connectivity index (χ1v) is 52.4. The van der Waals surface area contributed by atoms with Crippen molar-refractivity contribution in [1.29, 1.82) is 0 Å². The van der Waals surface area contributed by atoms with Crippen LogP contribution in [0.5, 0.6) is 0 Å². The number of amides is 7. The number of hydrogen-bond acceptors (Lipinski definition) is 21. The fourth-order valence-electron chi connectivity index (χ4n) is 17.7. The molecule has 0 N–H and O–H groups in total. The van der Waals surface area contributed by atoms with E-state index in [0.717, 1.165) is 287 Å². The number of morpholine rings is 1. The monoisotopic (exact) mass is 1860 g/mol. The van der Waals surface area contributed by atoms with Crippen molar-refractivity contribution in [3.05, 3.63) is 0 Å². The molecule has 0 aromatic heterocycles. The molecule has 130 heavy (non-hydrogen) atoms. The Bertz CT molecular complexity index is 3330. The predicted molar refractivity (Wildman–Crippen MR) is 538 cm³/mol. The van der Waals surface area contributed by atoms with Crippen molar-refractivity contribution >= 4 is 51.4 Å². The van der Waals surface area contributed by atoms with Gasteiger partial charge in [0.2, 0.25) is 51.4 Å². The van der Waals surface area contributed by atoms with Crippen LogP contribution in [0.4, 0.5) is 0 Å². The number of nitrogens with zero attached hydrogens (tertiary/aromatic N) is 19. The maximum absolute atomic E-state index is 12.5. The molecular formula is C100H201N19O10S. The zero-order chi connectivity index (χ0) is 98.7. The maximum Gasteiger partial charge on any atom is 0.236 e. The van der Waals surface area contributed by atoms with Crippen molar-refractivity contribution in [3.63, 3.8) is 0 Å². The molecule has 7 amide bonds. The van der Waals surface area contributed by atoms with Gasteiger partial charge in [-0.3, -0.25) is 77.7 Å². The third-order valence-corrected chi connectivity index (χ3v) is 28.5. The molecule has 29 nitrogen and oxygen atoms in total. The summed E-state index contributed by atoms with van der Waals surface area (Å²) < 4.78 is 29.4. The van der Waals surface area contributed by atoms with Gasteiger partial charge >= 0.3 is 0 Å². The molecule has 10 saturated heterocycles. The van der Waals surface area contributed by atoms with E-state index in [9.17, 15) is 42.0 Å². The molecule has 0 atom stereocenters. The van der Waals surface area contributed by atoms with E-state index < -0.39 is 10.0 Å². The van der Waals surface area contributed by atoms with Crippen molar-refractivity contribution in [3.8, 4) is 0 Å². The highest BCUT2D eigenvalue weighted by Gasteiger charge is 2.38. The summed E-state index contributed by atoms with van der Waals surface area (Å²) in [6.07, 6.45) is 10.2. The van der Waals surface area contributed by atoms with Gasteiger partial charge in [-0.15, -0.1) is 0 Å². The number of piperazine rings is 8. The zero-order valence-corrected chi connectivity index (χ0v) is 90.8. The van der Waals surface area contributed by atoms with Gasteiger partial charge in [0.25, 0.3) is 0 Å². The van der Waals surface area contributed by atoms with Gasteiger partial charge < -0.3 is 48.8 Å². The normalized spacial score (nSPS) is 21.0. The van der Waals surface area contributed by atoms with Crippen LogP contribution in [0, 0.1) is 11.8 Å². The quantitative estimate of drug-likeness (QED) is 0.149. The lowest BCUT2D eigenvalue weighted by Crippen LogP contribution is -2.56. The average molecular weight is 1860 g/mol. The minimum Gasteiger partial charge on any atom is -0.379 e. The number of unbranched alkanes of at least 4 members (excludes halogenated alkanes) is 1. The SMILES string of the molecule is CC(C)(C)N1CCN(C(=O)CN2CCOCC2)CC1.CC(C)(C)N1CCN(S(C)(=O)=O)CC1.CC(C)C(=O)N1CCN(C(C)(C)C)CC1.CCC(=O)N1CCN(C(C)(C)C)CC1.CCCC(=O)N1CCN(C(C)(C)C)CC1.CCCCC(=O)N1CCN(C(C)(C)C)CC1.CN(C)CCCC(=O)N1CCN(C(C)(C)C)CC1.CN1CCC(C(=O)N2CCN(C(C)(C)C)CC2)CC1. The minimum absolute atomic E-state index is 0.131. The van der Waals surface area contributed by atoms with Gasteiger partial charge in [-0.05, 0) is 239 Å². The van der Waals surface area contributed by atoms with Crippen LogP contribution in [0.15, 0.2) is 0 Å². The number of likely N-dealkylation sites (tertiary alicyclic amines) is 1. The summed E-state index contributed by atoms with van der Waals surface area (Å²) in [5.41, 5.74) is 1.73. The first-order chi connectivity index (χ1) is 60.0. The number of ether oxygens (including phenoxy) is 1. The Morgan fingerprint density at radius 3 is 0.854 bits per heavy atom. The second kappa shape index (κ2) is 55.9. The molecule has 10 aliphatic rings. The van der Waals surface area contributed by atoms with E-state index in [4.69, 9.17) is 4.74 Å². The second-order valence-corrected chi connectivity index (χ2v) is 48.2. The van der Waals surface area contributed by atoms with Crippen LogP contribution < -0.4 is 0 Å². The van der Waals surface area contributed by atoms with Crippen LogP contribution >= 0.6 is 0 Å². The molecular weight excluding hydrogens is 1660 g/mol. The topological polar surface area (TPSA) is 224 Å². The summed E-state index contributed by atoms with van der Waals surface area (Å²) in [6, 6.07) is 0. The van der Waals surface area contributed by atoms with Crippen LogP contribution in [0.1, 0.15) is 265 Å². The summed E-state index contributed by atoms with van der Waals surface area (Å²) in [5.74, 6) is 2.66. The Hall–Kier alpha value is -4.28. The third kappa shape index (κ3) is 45.3. The van der Waals surface area contributed by atoms with E-state index in [1.54, 1.807) is 4.31 Å². The van der Waals surface area contributed by atoms with Crippen molar-refractivity contribution in [2.24, 2.45) is 11.8 Å². The van der Waals surface area contributed by atoms with Crippen LogP contribution in [-0.2, 0) is 48.3 Å². The molecule has 0 radical (unpaired) electrons. The van der Waals surface area contributed by atoms with E-state index >= 15 is 0 Å². The fourth-order valence-corrected chi connectivity index (χ4v) is 18.6. The highest BCUT2D eigenvalue weighted by molar-refractivity contribution is 7.88. The molecule has 0 bridgehead atoms. The van der Waals surface area contributed by atoms with Crippen LogP contribution in [0.3, 0.4) is 0 Å². The summed E-state index contributed by atoms with van der Waals surface area (Å²) in [5, 5.41) is 0. The molecule has 30 heteroatoms. The smallest absolute Gasteiger partial charge is 0.236 e. The fraction of sp³-hybridized carbons (Fsp3) is 0.930. The Kier molecular flexibility index (Phi) is 51.6. The van der Waals surface area contributed by atoms with Gasteiger partial charge in [0.05, 0.1) is 26.0 Å². The van der Waals surface area contributed by atoms with Gasteiger partial charge in [0, 0.05) is 304 Å². The van der Waals surface area contributed by atoms with Gasteiger partial charge in [-0.25, -0.2) is 8.42 Å². The van der Waals surface area contributed by atoms with Crippen LogP contribution in [0.25, 0.3) is 0 Å². The zero-order valence-electron chi connectivity index (χ0n) is 90.0. The van der Waals surface area contributed by atoms with E-state index in [0.29, 0.717) is 74.3 Å². The second-order valence-electron chi connectivity index (χ2n) is 46.2. The van der Waals surface area contributed by atoms with Crippen molar-refractivity contribution in [2.45, 2.75) is 309 Å². The summed E-state index contributed by atoms with van der Waals surface area (Å²) in [7, 11) is 3.25. The van der Waals surface area contributed by atoms with E-state index in [1.165, 1.54) is 6.26 Å². The number of sulfonamides is 1. The lowest BCUT2D eigenvalue weighted by Gasteiger charge is -2.43. The maximum atomic E-state index is 12.5. The number of hydrogen-bond donors (Lipinski definition) is 0. The van der Waals surface area contributed by atoms with Gasteiger partial charge in [-0.2, -0.15) is 4.31 Å². The van der Waals surface area contributed by atoms with Crippen LogP contribution in [-0.4, -0.2) is 476 Å². The predicted octanol–water partition coefficient (Wildman–Crippen LogP) is 9.94. The average Bonchev–Trinajstić information content (AvgIpc) is 0.827. The number of carbonyl (C=O) groups is 7. The van der Waals surface area contributed by atoms with Gasteiger partial charge in [0.15, 0.2) is 0 Å². The largest absolute Gasteiger partial charge is 0.379 e. The molecule has 762 valence electrons. The molecule has 10 rings (SSSR count). The Morgan fingerprint density at radius 1 is 0.331 bits per heavy atom. The van der Waals surface area contributed by atoms with Crippen molar-refractivity contribution in [2.75, 3.05) is 289 Å².